The van der Waals surface area contributed by atoms with E-state index in [0.717, 1.165) is 25.7 Å². The maximum absolute atomic E-state index is 14.7. The van der Waals surface area contributed by atoms with Crippen LogP contribution in [0.5, 0.6) is 0 Å². The zero-order chi connectivity index (χ0) is 19.2. The van der Waals surface area contributed by atoms with Gasteiger partial charge in [-0.15, -0.1) is 0 Å². The molecule has 0 aromatic rings. The van der Waals surface area contributed by atoms with Crippen LogP contribution in [-0.4, -0.2) is 30.5 Å². The molecule has 3 nitrogen and oxygen atoms in total. The molecule has 0 aromatic carbocycles. The highest BCUT2D eigenvalue weighted by molar-refractivity contribution is 6.47. The molecule has 0 spiro atoms. The van der Waals surface area contributed by atoms with Crippen molar-refractivity contribution in [2.24, 2.45) is 11.8 Å². The highest BCUT2D eigenvalue weighted by Crippen LogP contribution is 2.48. The molecule has 150 valence electrons. The minimum atomic E-state index is -3.01. The van der Waals surface area contributed by atoms with Crippen LogP contribution in [0.4, 0.5) is 8.78 Å². The summed E-state index contributed by atoms with van der Waals surface area (Å²) >= 11 is 0. The van der Waals surface area contributed by atoms with Gasteiger partial charge < -0.3 is 14.0 Å². The molecule has 0 unspecified atom stereocenters. The van der Waals surface area contributed by atoms with Crippen molar-refractivity contribution in [1.82, 2.24) is 0 Å². The summed E-state index contributed by atoms with van der Waals surface area (Å²) in [6.07, 6.45) is 2.61. The first-order valence-corrected chi connectivity index (χ1v) is 10.4. The molecule has 3 rings (SSSR count). The highest BCUT2D eigenvalue weighted by atomic mass is 19.3. The van der Waals surface area contributed by atoms with E-state index in [-0.39, 0.29) is 30.2 Å². The molecule has 2 aliphatic carbocycles. The minimum absolute atomic E-state index is 0.193. The van der Waals surface area contributed by atoms with Gasteiger partial charge in [-0.05, 0) is 78.0 Å². The van der Waals surface area contributed by atoms with Crippen molar-refractivity contribution in [3.63, 3.8) is 0 Å². The van der Waals surface area contributed by atoms with Crippen molar-refractivity contribution in [3.8, 4) is 0 Å². The van der Waals surface area contributed by atoms with Gasteiger partial charge in [0.25, 0.3) is 0 Å². The second-order valence-electron chi connectivity index (χ2n) is 9.80. The normalized spacial score (nSPS) is 37.7. The Labute approximate surface area is 157 Å². The summed E-state index contributed by atoms with van der Waals surface area (Å²) < 4.78 is 46.8. The number of rotatable bonds is 4. The van der Waals surface area contributed by atoms with Crippen LogP contribution in [0.2, 0.25) is 5.82 Å². The molecule has 26 heavy (non-hydrogen) atoms. The summed E-state index contributed by atoms with van der Waals surface area (Å²) in [6, 6.07) is 0. The molecule has 3 aliphatic rings. The van der Waals surface area contributed by atoms with Crippen LogP contribution in [0.15, 0.2) is 0 Å². The molecule has 1 heterocycles. The van der Waals surface area contributed by atoms with Gasteiger partial charge in [0, 0.05) is 0 Å². The standard InChI is InChI=1S/C20H35BF2O3/c1-14-6-12-17(13-7-14)24-20(22,23)15-8-10-16(11-9-15)21-25-18(2,3)19(4,5)26-21/h14-17H,6-13H2,1-5H3. The van der Waals surface area contributed by atoms with E-state index in [0.29, 0.717) is 31.6 Å². The van der Waals surface area contributed by atoms with Gasteiger partial charge in [0.1, 0.15) is 0 Å². The number of hydrogen-bond donors (Lipinski definition) is 0. The van der Waals surface area contributed by atoms with Crippen LogP contribution in [-0.2, 0) is 14.0 Å². The fraction of sp³-hybridized carbons (Fsp3) is 1.00. The van der Waals surface area contributed by atoms with Crippen LogP contribution < -0.4 is 0 Å². The maximum atomic E-state index is 14.7. The molecular formula is C20H35BF2O3. The van der Waals surface area contributed by atoms with Crippen molar-refractivity contribution in [2.45, 2.75) is 115 Å². The Morgan fingerprint density at radius 2 is 1.35 bits per heavy atom. The second kappa shape index (κ2) is 7.33. The molecule has 1 aliphatic heterocycles. The first-order chi connectivity index (χ1) is 12.0. The number of alkyl halides is 2. The Morgan fingerprint density at radius 3 is 1.85 bits per heavy atom. The first kappa shape index (κ1) is 20.5. The lowest BCUT2D eigenvalue weighted by atomic mass is 9.62. The Morgan fingerprint density at radius 1 is 0.846 bits per heavy atom. The van der Waals surface area contributed by atoms with Crippen LogP contribution >= 0.6 is 0 Å². The summed E-state index contributed by atoms with van der Waals surface area (Å²) in [5.41, 5.74) is -0.723. The summed E-state index contributed by atoms with van der Waals surface area (Å²) in [4.78, 5) is 0. The van der Waals surface area contributed by atoms with Crippen LogP contribution in [0, 0.1) is 11.8 Å². The number of ether oxygens (including phenoxy) is 1. The Balaban J connectivity index is 1.50. The van der Waals surface area contributed by atoms with Crippen molar-refractivity contribution in [2.75, 3.05) is 0 Å². The van der Waals surface area contributed by atoms with E-state index in [2.05, 4.69) is 6.92 Å². The molecular weight excluding hydrogens is 337 g/mol. The van der Waals surface area contributed by atoms with Crippen LogP contribution in [0.25, 0.3) is 0 Å². The van der Waals surface area contributed by atoms with E-state index in [9.17, 15) is 8.78 Å². The molecule has 0 amide bonds. The predicted octanol–water partition coefficient (Wildman–Crippen LogP) is 5.83. The first-order valence-electron chi connectivity index (χ1n) is 10.4. The average molecular weight is 372 g/mol. The summed E-state index contributed by atoms with van der Waals surface area (Å²) in [5, 5.41) is 0. The zero-order valence-corrected chi connectivity index (χ0v) is 17.0. The number of hydrogen-bond acceptors (Lipinski definition) is 3. The zero-order valence-electron chi connectivity index (χ0n) is 17.0. The third-order valence-electron chi connectivity index (χ3n) is 7.19. The lowest BCUT2D eigenvalue weighted by Crippen LogP contribution is -2.41. The highest BCUT2D eigenvalue weighted by Gasteiger charge is 2.55. The Kier molecular flexibility index (Phi) is 5.79. The maximum Gasteiger partial charge on any atom is 0.461 e. The summed E-state index contributed by atoms with van der Waals surface area (Å²) in [5.74, 6) is 0.151. The van der Waals surface area contributed by atoms with Gasteiger partial charge in [0.2, 0.25) is 0 Å². The van der Waals surface area contributed by atoms with Gasteiger partial charge in [-0.1, -0.05) is 19.8 Å². The third kappa shape index (κ3) is 4.28. The topological polar surface area (TPSA) is 27.7 Å². The fourth-order valence-corrected chi connectivity index (χ4v) is 4.47. The minimum Gasteiger partial charge on any atom is -0.403 e. The lowest BCUT2D eigenvalue weighted by molar-refractivity contribution is -0.301. The van der Waals surface area contributed by atoms with Gasteiger partial charge in [-0.25, -0.2) is 0 Å². The van der Waals surface area contributed by atoms with Crippen LogP contribution in [0.1, 0.15) is 86.0 Å². The largest absolute Gasteiger partial charge is 0.461 e. The molecule has 2 saturated carbocycles. The Hall–Kier alpha value is -0.195. The average Bonchev–Trinajstić information content (AvgIpc) is 2.78. The van der Waals surface area contributed by atoms with Crippen molar-refractivity contribution >= 4 is 7.12 Å². The van der Waals surface area contributed by atoms with E-state index < -0.39 is 12.0 Å². The SMILES string of the molecule is CC1CCC(OC(F)(F)C2CCC(B3OC(C)(C)C(C)(C)O3)CC2)CC1. The quantitative estimate of drug-likeness (QED) is 0.582. The molecule has 6 heteroatoms. The molecule has 0 radical (unpaired) electrons. The van der Waals surface area contributed by atoms with E-state index >= 15 is 0 Å². The smallest absolute Gasteiger partial charge is 0.403 e. The molecule has 0 bridgehead atoms. The lowest BCUT2D eigenvalue weighted by Gasteiger charge is -2.37. The van der Waals surface area contributed by atoms with E-state index in [1.165, 1.54) is 0 Å². The van der Waals surface area contributed by atoms with E-state index in [1.54, 1.807) is 0 Å². The van der Waals surface area contributed by atoms with Gasteiger partial charge in [-0.2, -0.15) is 8.78 Å². The monoisotopic (exact) mass is 372 g/mol. The van der Waals surface area contributed by atoms with Gasteiger partial charge in [0.15, 0.2) is 0 Å². The fourth-order valence-electron chi connectivity index (χ4n) is 4.47. The van der Waals surface area contributed by atoms with E-state index in [1.807, 2.05) is 27.7 Å². The predicted molar refractivity (Wildman–Crippen MR) is 99.2 cm³/mol. The molecule has 3 fully saturated rings. The second-order valence-corrected chi connectivity index (χ2v) is 9.80. The summed E-state index contributed by atoms with van der Waals surface area (Å²) in [7, 11) is -0.282. The Bertz CT molecular complexity index is 465. The van der Waals surface area contributed by atoms with Crippen molar-refractivity contribution in [1.29, 1.82) is 0 Å². The summed E-state index contributed by atoms with van der Waals surface area (Å²) in [6.45, 7) is 10.3. The van der Waals surface area contributed by atoms with Crippen molar-refractivity contribution < 1.29 is 22.8 Å². The number of halogens is 2. The third-order valence-corrected chi connectivity index (χ3v) is 7.19. The van der Waals surface area contributed by atoms with Gasteiger partial charge in [-0.3, -0.25) is 0 Å². The van der Waals surface area contributed by atoms with Gasteiger partial charge >= 0.3 is 13.2 Å². The molecule has 0 atom stereocenters. The molecule has 1 saturated heterocycles. The van der Waals surface area contributed by atoms with Crippen molar-refractivity contribution in [3.05, 3.63) is 0 Å². The van der Waals surface area contributed by atoms with Crippen LogP contribution in [0.3, 0.4) is 0 Å². The molecule has 0 aromatic heterocycles. The molecule has 0 N–H and O–H groups in total. The van der Waals surface area contributed by atoms with Gasteiger partial charge in [0.05, 0.1) is 23.2 Å². The van der Waals surface area contributed by atoms with E-state index in [4.69, 9.17) is 14.0 Å².